The Bertz CT molecular complexity index is 644. The quantitative estimate of drug-likeness (QED) is 0.870. The number of nitrogens with zero attached hydrogens (tertiary/aromatic N) is 4. The molecule has 1 unspecified atom stereocenters. The van der Waals surface area contributed by atoms with E-state index in [2.05, 4.69) is 15.5 Å². The van der Waals surface area contributed by atoms with Crippen LogP contribution < -0.4 is 4.74 Å². The van der Waals surface area contributed by atoms with Crippen LogP contribution in [0.25, 0.3) is 11.4 Å². The third-order valence-corrected chi connectivity index (χ3v) is 2.96. The number of methoxy groups -OCH3 is 1. The van der Waals surface area contributed by atoms with Crippen LogP contribution in [0.4, 0.5) is 4.39 Å². The summed E-state index contributed by atoms with van der Waals surface area (Å²) in [5.74, 6) is -1.07. The Hall–Kier alpha value is -2.51. The van der Waals surface area contributed by atoms with E-state index in [-0.39, 0.29) is 30.3 Å². The van der Waals surface area contributed by atoms with E-state index in [0.29, 0.717) is 5.75 Å². The number of tetrazole rings is 1. The summed E-state index contributed by atoms with van der Waals surface area (Å²) in [7, 11) is 1.43. The lowest BCUT2D eigenvalue weighted by Gasteiger charge is -2.12. The highest BCUT2D eigenvalue weighted by atomic mass is 19.1. The Morgan fingerprint density at radius 1 is 1.52 bits per heavy atom. The second-order valence-corrected chi connectivity index (χ2v) is 4.70. The molecule has 0 amide bonds. The molecule has 1 aromatic heterocycles. The van der Waals surface area contributed by atoms with Crippen molar-refractivity contribution in [3.63, 3.8) is 0 Å². The molecule has 2 rings (SSSR count). The molecule has 1 aromatic carbocycles. The minimum Gasteiger partial charge on any atom is -0.496 e. The van der Waals surface area contributed by atoms with Gasteiger partial charge in [-0.1, -0.05) is 13.0 Å². The Kier molecular flexibility index (Phi) is 4.46. The summed E-state index contributed by atoms with van der Waals surface area (Å²) in [5.41, 5.74) is 0.160. The van der Waals surface area contributed by atoms with Crippen LogP contribution in [0, 0.1) is 11.7 Å². The first kappa shape index (κ1) is 14.9. The maximum Gasteiger partial charge on any atom is 0.303 e. The van der Waals surface area contributed by atoms with Gasteiger partial charge in [0, 0.05) is 13.0 Å². The predicted molar refractivity (Wildman–Crippen MR) is 71.2 cm³/mol. The third-order valence-electron chi connectivity index (χ3n) is 2.96. The predicted octanol–water partition coefficient (Wildman–Crippen LogP) is 1.60. The monoisotopic (exact) mass is 294 g/mol. The van der Waals surface area contributed by atoms with Crippen LogP contribution in [0.15, 0.2) is 18.2 Å². The molecule has 0 spiro atoms. The molecule has 1 N–H and O–H groups in total. The Morgan fingerprint density at radius 3 is 2.95 bits per heavy atom. The van der Waals surface area contributed by atoms with Gasteiger partial charge >= 0.3 is 5.97 Å². The summed E-state index contributed by atoms with van der Waals surface area (Å²) in [6.45, 7) is 2.03. The number of aromatic nitrogens is 4. The van der Waals surface area contributed by atoms with Gasteiger partial charge in [-0.05, 0) is 28.5 Å². The van der Waals surface area contributed by atoms with Gasteiger partial charge in [-0.15, -0.1) is 5.10 Å². The molecule has 0 bridgehead atoms. The number of carboxylic acids is 1. The van der Waals surface area contributed by atoms with Crippen molar-refractivity contribution >= 4 is 5.97 Å². The maximum absolute atomic E-state index is 14.0. The summed E-state index contributed by atoms with van der Waals surface area (Å²) in [5, 5.41) is 19.9. The van der Waals surface area contributed by atoms with E-state index in [1.165, 1.54) is 23.9 Å². The average molecular weight is 294 g/mol. The van der Waals surface area contributed by atoms with Crippen LogP contribution in [0.2, 0.25) is 0 Å². The highest BCUT2D eigenvalue weighted by Crippen LogP contribution is 2.30. The van der Waals surface area contributed by atoms with Gasteiger partial charge in [0.2, 0.25) is 0 Å². The van der Waals surface area contributed by atoms with Gasteiger partial charge in [-0.3, -0.25) is 4.79 Å². The molecular formula is C13H15FN4O3. The lowest BCUT2D eigenvalue weighted by Crippen LogP contribution is -2.14. The summed E-state index contributed by atoms with van der Waals surface area (Å²) >= 11 is 0. The summed E-state index contributed by atoms with van der Waals surface area (Å²) in [4.78, 5) is 10.7. The fraction of sp³-hybridized carbons (Fsp3) is 0.385. The van der Waals surface area contributed by atoms with Gasteiger partial charge < -0.3 is 9.84 Å². The molecule has 0 saturated heterocycles. The molecular weight excluding hydrogens is 279 g/mol. The highest BCUT2D eigenvalue weighted by molar-refractivity contribution is 5.67. The molecule has 7 nitrogen and oxygen atoms in total. The van der Waals surface area contributed by atoms with Gasteiger partial charge in [0.25, 0.3) is 0 Å². The Labute approximate surface area is 120 Å². The number of rotatable bonds is 6. The SMILES string of the molecule is COc1cccc(F)c1-c1nnnn1CC(C)CC(=O)O. The Morgan fingerprint density at radius 2 is 2.29 bits per heavy atom. The maximum atomic E-state index is 14.0. The zero-order chi connectivity index (χ0) is 15.4. The number of ether oxygens (including phenoxy) is 1. The average Bonchev–Trinajstić information content (AvgIpc) is 2.85. The van der Waals surface area contributed by atoms with E-state index >= 15 is 0 Å². The fourth-order valence-corrected chi connectivity index (χ4v) is 2.06. The zero-order valence-corrected chi connectivity index (χ0v) is 11.7. The molecule has 0 aliphatic carbocycles. The molecule has 8 heteroatoms. The first-order chi connectivity index (χ1) is 10.0. The van der Waals surface area contributed by atoms with E-state index < -0.39 is 11.8 Å². The van der Waals surface area contributed by atoms with E-state index in [1.54, 1.807) is 13.0 Å². The minimum absolute atomic E-state index is 0.0201. The van der Waals surface area contributed by atoms with Crippen LogP contribution >= 0.6 is 0 Å². The van der Waals surface area contributed by atoms with Crippen molar-refractivity contribution in [1.29, 1.82) is 0 Å². The zero-order valence-electron chi connectivity index (χ0n) is 11.7. The van der Waals surface area contributed by atoms with Gasteiger partial charge in [0.1, 0.15) is 11.6 Å². The topological polar surface area (TPSA) is 90.1 Å². The smallest absolute Gasteiger partial charge is 0.303 e. The van der Waals surface area contributed by atoms with Crippen LogP contribution in [-0.2, 0) is 11.3 Å². The van der Waals surface area contributed by atoms with Crippen molar-refractivity contribution in [3.05, 3.63) is 24.0 Å². The molecule has 1 heterocycles. The van der Waals surface area contributed by atoms with E-state index in [1.807, 2.05) is 0 Å². The first-order valence-electron chi connectivity index (χ1n) is 6.33. The normalized spacial score (nSPS) is 12.1. The highest BCUT2D eigenvalue weighted by Gasteiger charge is 2.20. The second-order valence-electron chi connectivity index (χ2n) is 4.70. The lowest BCUT2D eigenvalue weighted by molar-refractivity contribution is -0.138. The van der Waals surface area contributed by atoms with Gasteiger partial charge in [0.15, 0.2) is 5.82 Å². The number of hydrogen-bond acceptors (Lipinski definition) is 5. The first-order valence-corrected chi connectivity index (χ1v) is 6.33. The molecule has 1 atom stereocenters. The van der Waals surface area contributed by atoms with Crippen LogP contribution in [-0.4, -0.2) is 38.4 Å². The number of hydrogen-bond donors (Lipinski definition) is 1. The molecule has 0 saturated carbocycles. The molecule has 0 aliphatic heterocycles. The van der Waals surface area contributed by atoms with Crippen LogP contribution in [0.3, 0.4) is 0 Å². The molecule has 0 radical (unpaired) electrons. The van der Waals surface area contributed by atoms with Gasteiger partial charge in [-0.25, -0.2) is 9.07 Å². The summed E-state index contributed by atoms with van der Waals surface area (Å²) in [6.07, 6.45) is -0.0201. The number of carbonyl (C=O) groups is 1. The van der Waals surface area contributed by atoms with Crippen LogP contribution in [0.1, 0.15) is 13.3 Å². The third kappa shape index (κ3) is 3.33. The molecule has 0 aliphatic rings. The standard InChI is InChI=1S/C13H15FN4O3/c1-8(6-11(19)20)7-18-13(15-16-17-18)12-9(14)4-3-5-10(12)21-2/h3-5,8H,6-7H2,1-2H3,(H,19,20). The fourth-order valence-electron chi connectivity index (χ4n) is 2.06. The Balaban J connectivity index is 2.35. The molecule has 21 heavy (non-hydrogen) atoms. The van der Waals surface area contributed by atoms with Crippen molar-refractivity contribution in [3.8, 4) is 17.1 Å². The lowest BCUT2D eigenvalue weighted by atomic mass is 10.1. The van der Waals surface area contributed by atoms with Gasteiger partial charge in [0.05, 0.1) is 12.7 Å². The van der Waals surface area contributed by atoms with Crippen molar-refractivity contribution in [2.24, 2.45) is 5.92 Å². The summed E-state index contributed by atoms with van der Waals surface area (Å²) in [6, 6.07) is 4.43. The molecule has 2 aromatic rings. The number of carboxylic acid groups (broad SMARTS) is 1. The van der Waals surface area contributed by atoms with E-state index in [9.17, 15) is 9.18 Å². The number of halogens is 1. The van der Waals surface area contributed by atoms with Crippen molar-refractivity contribution < 1.29 is 19.0 Å². The van der Waals surface area contributed by atoms with E-state index in [0.717, 1.165) is 0 Å². The second kappa shape index (κ2) is 6.29. The van der Waals surface area contributed by atoms with Gasteiger partial charge in [-0.2, -0.15) is 0 Å². The molecule has 112 valence electrons. The van der Waals surface area contributed by atoms with E-state index in [4.69, 9.17) is 9.84 Å². The van der Waals surface area contributed by atoms with Crippen LogP contribution in [0.5, 0.6) is 5.75 Å². The largest absolute Gasteiger partial charge is 0.496 e. The molecule has 0 fully saturated rings. The minimum atomic E-state index is -0.902. The number of aliphatic carboxylic acids is 1. The number of benzene rings is 1. The van der Waals surface area contributed by atoms with Crippen molar-refractivity contribution in [2.45, 2.75) is 19.9 Å². The van der Waals surface area contributed by atoms with Crippen molar-refractivity contribution in [2.75, 3.05) is 7.11 Å². The summed E-state index contributed by atoms with van der Waals surface area (Å²) < 4.78 is 20.6. The van der Waals surface area contributed by atoms with Crippen molar-refractivity contribution in [1.82, 2.24) is 20.2 Å².